The first-order chi connectivity index (χ1) is 5.66. The summed E-state index contributed by atoms with van der Waals surface area (Å²) in [4.78, 5) is 0. The van der Waals surface area contributed by atoms with Gasteiger partial charge in [0, 0.05) is 10.8 Å². The summed E-state index contributed by atoms with van der Waals surface area (Å²) in [6.45, 7) is 0. The molecule has 2 heteroatoms. The minimum Gasteiger partial charge on any atom is -0.325 e. The molecule has 12 heavy (non-hydrogen) atoms. The lowest BCUT2D eigenvalue weighted by Gasteiger charge is -2.57. The third-order valence-corrected chi connectivity index (χ3v) is 5.11. The van der Waals surface area contributed by atoms with E-state index < -0.39 is 0 Å². The van der Waals surface area contributed by atoms with Crippen molar-refractivity contribution in [3.05, 3.63) is 0 Å². The number of nitrogens with two attached hydrogens (primary N) is 1. The first kappa shape index (κ1) is 7.69. The molecule has 0 saturated heterocycles. The summed E-state index contributed by atoms with van der Waals surface area (Å²) in [6, 6.07) is 0. The van der Waals surface area contributed by atoms with Crippen molar-refractivity contribution in [1.82, 2.24) is 0 Å². The molecule has 0 spiro atoms. The third kappa shape index (κ3) is 0.912. The zero-order valence-electron chi connectivity index (χ0n) is 7.37. The molecule has 4 fully saturated rings. The Balaban J connectivity index is 1.95. The van der Waals surface area contributed by atoms with Crippen LogP contribution in [0.2, 0.25) is 0 Å². The Bertz CT molecular complexity index is 200. The molecule has 0 heterocycles. The normalized spacial score (nSPS) is 62.5. The van der Waals surface area contributed by atoms with Crippen LogP contribution in [-0.4, -0.2) is 10.8 Å². The zero-order chi connectivity index (χ0) is 8.34. The van der Waals surface area contributed by atoms with Crippen molar-refractivity contribution in [2.24, 2.45) is 23.5 Å². The maximum Gasteiger partial charge on any atom is 0.0163 e. The van der Waals surface area contributed by atoms with Crippen molar-refractivity contribution in [1.29, 1.82) is 0 Å². The molecule has 0 aromatic carbocycles. The van der Waals surface area contributed by atoms with Gasteiger partial charge in [0.2, 0.25) is 0 Å². The lowest BCUT2D eigenvalue weighted by atomic mass is 9.53. The van der Waals surface area contributed by atoms with Crippen LogP contribution in [0.25, 0.3) is 0 Å². The summed E-state index contributed by atoms with van der Waals surface area (Å²) in [5, 5.41) is 0.679. The van der Waals surface area contributed by atoms with E-state index in [2.05, 4.69) is 0 Å². The Kier molecular flexibility index (Phi) is 1.42. The average molecular weight is 183 g/mol. The van der Waals surface area contributed by atoms with Crippen LogP contribution in [-0.2, 0) is 0 Å². The van der Waals surface area contributed by atoms with Crippen LogP contribution < -0.4 is 5.73 Å². The van der Waals surface area contributed by atoms with Gasteiger partial charge < -0.3 is 5.73 Å². The molecule has 0 aromatic heterocycles. The molecule has 1 nitrogen and oxygen atoms in total. The Labute approximate surface area is 79.5 Å². The van der Waals surface area contributed by atoms with E-state index in [9.17, 15) is 0 Å². The SMILES string of the molecule is NC12CC3CC(C1)C(S)C(C3)C2. The monoisotopic (exact) mass is 183 g/mol. The number of rotatable bonds is 0. The van der Waals surface area contributed by atoms with Crippen molar-refractivity contribution in [3.8, 4) is 0 Å². The number of thiol groups is 1. The highest BCUT2D eigenvalue weighted by atomic mass is 32.1. The third-order valence-electron chi connectivity index (χ3n) is 4.27. The molecule has 4 saturated carbocycles. The Morgan fingerprint density at radius 2 is 1.67 bits per heavy atom. The Morgan fingerprint density at radius 3 is 2.17 bits per heavy atom. The average Bonchev–Trinajstić information content (AvgIpc) is 1.96. The van der Waals surface area contributed by atoms with Gasteiger partial charge in [-0.1, -0.05) is 0 Å². The lowest BCUT2D eigenvalue weighted by Crippen LogP contribution is -2.59. The fourth-order valence-corrected chi connectivity index (χ4v) is 4.51. The molecule has 0 aliphatic heterocycles. The molecule has 2 N–H and O–H groups in total. The molecule has 4 aliphatic rings. The van der Waals surface area contributed by atoms with Crippen LogP contribution in [0.4, 0.5) is 0 Å². The van der Waals surface area contributed by atoms with Crippen LogP contribution in [0.3, 0.4) is 0 Å². The van der Waals surface area contributed by atoms with Gasteiger partial charge in [0.05, 0.1) is 0 Å². The Hall–Kier alpha value is 0.310. The van der Waals surface area contributed by atoms with E-state index in [0.717, 1.165) is 17.8 Å². The van der Waals surface area contributed by atoms with Gasteiger partial charge in [0.15, 0.2) is 0 Å². The van der Waals surface area contributed by atoms with Crippen molar-refractivity contribution in [3.63, 3.8) is 0 Å². The van der Waals surface area contributed by atoms with Crippen LogP contribution in [0, 0.1) is 17.8 Å². The predicted molar refractivity (Wildman–Crippen MR) is 53.2 cm³/mol. The van der Waals surface area contributed by atoms with E-state index in [4.69, 9.17) is 18.4 Å². The van der Waals surface area contributed by atoms with E-state index >= 15 is 0 Å². The predicted octanol–water partition coefficient (Wildman–Crippen LogP) is 1.82. The standard InChI is InChI=1S/C10H17NS/c11-10-3-6-1-7(4-10)9(12)8(2-6)5-10/h6-9,12H,1-5,11H2. The molecule has 0 aromatic rings. The molecule has 0 amide bonds. The van der Waals surface area contributed by atoms with Gasteiger partial charge in [0.1, 0.15) is 0 Å². The minimum absolute atomic E-state index is 0.232. The Morgan fingerprint density at radius 1 is 1.08 bits per heavy atom. The highest BCUT2D eigenvalue weighted by Gasteiger charge is 2.52. The van der Waals surface area contributed by atoms with E-state index in [0.29, 0.717) is 5.25 Å². The van der Waals surface area contributed by atoms with E-state index in [1.54, 1.807) is 0 Å². The quantitative estimate of drug-likeness (QED) is 0.550. The first-order valence-electron chi connectivity index (χ1n) is 5.13. The van der Waals surface area contributed by atoms with Gasteiger partial charge in [-0.3, -0.25) is 0 Å². The summed E-state index contributed by atoms with van der Waals surface area (Å²) in [7, 11) is 0. The van der Waals surface area contributed by atoms with E-state index in [1.807, 2.05) is 0 Å². The van der Waals surface area contributed by atoms with Gasteiger partial charge in [-0.2, -0.15) is 12.6 Å². The summed E-state index contributed by atoms with van der Waals surface area (Å²) in [5.74, 6) is 2.66. The van der Waals surface area contributed by atoms with Gasteiger partial charge in [-0.15, -0.1) is 0 Å². The van der Waals surface area contributed by atoms with Crippen LogP contribution in [0.15, 0.2) is 0 Å². The van der Waals surface area contributed by atoms with Gasteiger partial charge in [-0.25, -0.2) is 0 Å². The van der Waals surface area contributed by atoms with Crippen LogP contribution >= 0.6 is 12.6 Å². The van der Waals surface area contributed by atoms with Gasteiger partial charge >= 0.3 is 0 Å². The van der Waals surface area contributed by atoms with Crippen molar-refractivity contribution >= 4 is 12.6 Å². The smallest absolute Gasteiger partial charge is 0.0163 e. The summed E-state index contributed by atoms with van der Waals surface area (Å²) >= 11 is 4.73. The summed E-state index contributed by atoms with van der Waals surface area (Å²) in [6.07, 6.45) is 6.66. The van der Waals surface area contributed by atoms with Crippen molar-refractivity contribution in [2.75, 3.05) is 0 Å². The number of hydrogen-bond acceptors (Lipinski definition) is 2. The molecule has 2 unspecified atom stereocenters. The van der Waals surface area contributed by atoms with Crippen molar-refractivity contribution < 1.29 is 0 Å². The maximum atomic E-state index is 6.35. The van der Waals surface area contributed by atoms with Crippen LogP contribution in [0.1, 0.15) is 32.1 Å². The first-order valence-corrected chi connectivity index (χ1v) is 5.65. The molecule has 68 valence electrons. The highest BCUT2D eigenvalue weighted by molar-refractivity contribution is 7.81. The fraction of sp³-hybridized carbons (Fsp3) is 1.00. The molecule has 4 bridgehead atoms. The van der Waals surface area contributed by atoms with E-state index in [1.165, 1.54) is 32.1 Å². The fourth-order valence-electron chi connectivity index (χ4n) is 4.06. The molecule has 4 rings (SSSR count). The largest absolute Gasteiger partial charge is 0.325 e. The number of hydrogen-bond donors (Lipinski definition) is 2. The second-order valence-electron chi connectivity index (χ2n) is 5.32. The minimum atomic E-state index is 0.232. The second-order valence-corrected chi connectivity index (χ2v) is 5.92. The lowest BCUT2D eigenvalue weighted by molar-refractivity contribution is 0.00729. The maximum absolute atomic E-state index is 6.35. The second kappa shape index (κ2) is 2.21. The van der Waals surface area contributed by atoms with Gasteiger partial charge in [-0.05, 0) is 49.9 Å². The summed E-state index contributed by atoms with van der Waals surface area (Å²) < 4.78 is 0. The van der Waals surface area contributed by atoms with Crippen LogP contribution in [0.5, 0.6) is 0 Å². The molecule has 2 atom stereocenters. The topological polar surface area (TPSA) is 26.0 Å². The molecular formula is C10H17NS. The highest BCUT2D eigenvalue weighted by Crippen LogP contribution is 2.56. The zero-order valence-corrected chi connectivity index (χ0v) is 8.26. The molecule has 4 aliphatic carbocycles. The summed E-state index contributed by atoms with van der Waals surface area (Å²) in [5.41, 5.74) is 6.58. The van der Waals surface area contributed by atoms with Gasteiger partial charge in [0.25, 0.3) is 0 Å². The van der Waals surface area contributed by atoms with E-state index in [-0.39, 0.29) is 5.54 Å². The molecular weight excluding hydrogens is 166 g/mol. The van der Waals surface area contributed by atoms with Crippen molar-refractivity contribution in [2.45, 2.75) is 42.9 Å². The molecule has 0 radical (unpaired) electrons.